The Bertz CT molecular complexity index is 871. The zero-order chi connectivity index (χ0) is 20.6. The summed E-state index contributed by atoms with van der Waals surface area (Å²) >= 11 is 0. The Morgan fingerprint density at radius 1 is 0.724 bits per heavy atom. The molecule has 0 aliphatic rings. The number of rotatable bonds is 10. The summed E-state index contributed by atoms with van der Waals surface area (Å²) in [5.74, 6) is 0.858. The highest BCUT2D eigenvalue weighted by Gasteiger charge is 2.08. The topological polar surface area (TPSA) is 37.2 Å². The lowest BCUT2D eigenvalue weighted by Gasteiger charge is -2.09. The van der Waals surface area contributed by atoms with Crippen LogP contribution < -0.4 is 10.6 Å². The lowest BCUT2D eigenvalue weighted by atomic mass is 10.0. The maximum Gasteiger partial charge on any atom is 0.134 e. The minimum atomic E-state index is 0.858. The average molecular weight is 387 g/mol. The predicted octanol–water partition coefficient (Wildman–Crippen LogP) is 6.55. The van der Waals surface area contributed by atoms with Crippen molar-refractivity contribution in [3.05, 3.63) is 85.1 Å². The normalized spacial score (nSPS) is 10.6. The van der Waals surface area contributed by atoms with Crippen molar-refractivity contribution >= 4 is 11.4 Å². The van der Waals surface area contributed by atoms with Crippen molar-refractivity contribution in [1.82, 2.24) is 10.6 Å². The Labute approximate surface area is 174 Å². The highest BCUT2D eigenvalue weighted by atomic mass is 16.3. The van der Waals surface area contributed by atoms with Gasteiger partial charge in [0.1, 0.15) is 5.76 Å². The Morgan fingerprint density at radius 3 is 1.69 bits per heavy atom. The van der Waals surface area contributed by atoms with E-state index >= 15 is 0 Å². The Kier molecular flexibility index (Phi) is 6.96. The first kappa shape index (κ1) is 20.5. The molecule has 0 atom stereocenters. The monoisotopic (exact) mass is 386 g/mol. The summed E-state index contributed by atoms with van der Waals surface area (Å²) < 4.78 is 5.83. The molecule has 2 N–H and O–H groups in total. The molecule has 3 heteroatoms. The van der Waals surface area contributed by atoms with Gasteiger partial charge in [-0.2, -0.15) is 0 Å². The van der Waals surface area contributed by atoms with Crippen LogP contribution in [0, 0.1) is 0 Å². The number of nitrogens with one attached hydrogen (secondary N) is 2. The van der Waals surface area contributed by atoms with Gasteiger partial charge in [-0.25, -0.2) is 0 Å². The predicted molar refractivity (Wildman–Crippen MR) is 124 cm³/mol. The number of hydrogen-bond acceptors (Lipinski definition) is 3. The molecule has 0 saturated carbocycles. The fourth-order valence-corrected chi connectivity index (χ4v) is 3.09. The van der Waals surface area contributed by atoms with Crippen LogP contribution in [-0.4, -0.2) is 13.1 Å². The van der Waals surface area contributed by atoms with Crippen molar-refractivity contribution < 1.29 is 4.42 Å². The van der Waals surface area contributed by atoms with Crippen LogP contribution in [0.1, 0.15) is 37.8 Å². The van der Waals surface area contributed by atoms with Gasteiger partial charge in [0.05, 0.1) is 6.26 Å². The van der Waals surface area contributed by atoms with Crippen LogP contribution in [0.5, 0.6) is 0 Å². The molecule has 0 unspecified atom stereocenters. The smallest absolute Gasteiger partial charge is 0.134 e. The van der Waals surface area contributed by atoms with Gasteiger partial charge in [0.2, 0.25) is 0 Å². The highest BCUT2D eigenvalue weighted by molar-refractivity contribution is 5.73. The van der Waals surface area contributed by atoms with E-state index in [0.29, 0.717) is 0 Å². The average Bonchev–Trinajstić information content (AvgIpc) is 3.26. The first-order chi connectivity index (χ1) is 14.1. The maximum absolute atomic E-state index is 5.83. The lowest BCUT2D eigenvalue weighted by molar-refractivity contribution is 0.583. The van der Waals surface area contributed by atoms with Crippen molar-refractivity contribution in [3.63, 3.8) is 0 Å². The standard InChI is InChI=1S/C26H30N2O/c1-5-15-27-19(3)21-7-11-23(12-8-21)25-17-26(29-18-25)24-13-9-22(10-14-24)20(4)28-16-6-2/h7-14,17-18,27-28H,3-6,15-16H2,1-2H3. The second kappa shape index (κ2) is 9.83. The second-order valence-electron chi connectivity index (χ2n) is 7.16. The molecule has 0 radical (unpaired) electrons. The van der Waals surface area contributed by atoms with Crippen LogP contribution in [0.3, 0.4) is 0 Å². The van der Waals surface area contributed by atoms with Crippen molar-refractivity contribution in [3.8, 4) is 22.5 Å². The van der Waals surface area contributed by atoms with Crippen molar-refractivity contribution in [2.45, 2.75) is 26.7 Å². The van der Waals surface area contributed by atoms with Gasteiger partial charge in [-0.1, -0.05) is 75.5 Å². The van der Waals surface area contributed by atoms with Crippen LogP contribution >= 0.6 is 0 Å². The van der Waals surface area contributed by atoms with Crippen LogP contribution in [0.4, 0.5) is 0 Å². The molecule has 150 valence electrons. The molecule has 0 saturated heterocycles. The molecule has 2 aromatic carbocycles. The third-order valence-electron chi connectivity index (χ3n) is 4.86. The van der Waals surface area contributed by atoms with E-state index in [1.807, 2.05) is 6.26 Å². The third kappa shape index (κ3) is 5.20. The quantitative estimate of drug-likeness (QED) is 0.415. The van der Waals surface area contributed by atoms with E-state index in [9.17, 15) is 0 Å². The summed E-state index contributed by atoms with van der Waals surface area (Å²) in [6.07, 6.45) is 3.97. The van der Waals surface area contributed by atoms with Crippen molar-refractivity contribution in [1.29, 1.82) is 0 Å². The molecule has 3 aromatic rings. The summed E-state index contributed by atoms with van der Waals surface area (Å²) in [6, 6.07) is 18.8. The zero-order valence-corrected chi connectivity index (χ0v) is 17.4. The summed E-state index contributed by atoms with van der Waals surface area (Å²) in [7, 11) is 0. The molecule has 0 amide bonds. The Hall–Kier alpha value is -3.20. The van der Waals surface area contributed by atoms with Gasteiger partial charge >= 0.3 is 0 Å². The van der Waals surface area contributed by atoms with E-state index in [0.717, 1.165) is 70.9 Å². The first-order valence-electron chi connectivity index (χ1n) is 10.3. The van der Waals surface area contributed by atoms with Crippen molar-refractivity contribution in [2.75, 3.05) is 13.1 Å². The van der Waals surface area contributed by atoms with Crippen LogP contribution in [0.15, 0.2) is 78.4 Å². The zero-order valence-electron chi connectivity index (χ0n) is 17.4. The number of furan rings is 1. The maximum atomic E-state index is 5.83. The van der Waals surface area contributed by atoms with Crippen LogP contribution in [0.25, 0.3) is 33.8 Å². The molecule has 0 spiro atoms. The molecule has 0 aliphatic carbocycles. The fourth-order valence-electron chi connectivity index (χ4n) is 3.09. The van der Waals surface area contributed by atoms with Gasteiger partial charge in [-0.05, 0) is 35.6 Å². The largest absolute Gasteiger partial charge is 0.464 e. The molecule has 3 nitrogen and oxygen atoms in total. The van der Waals surface area contributed by atoms with E-state index in [1.165, 1.54) is 0 Å². The fraction of sp³-hybridized carbons (Fsp3) is 0.231. The lowest BCUT2D eigenvalue weighted by Crippen LogP contribution is -2.11. The molecule has 1 heterocycles. The molecule has 3 rings (SSSR count). The van der Waals surface area contributed by atoms with E-state index in [1.54, 1.807) is 0 Å². The Balaban J connectivity index is 1.70. The molecule has 0 fully saturated rings. The van der Waals surface area contributed by atoms with Gasteiger partial charge in [-0.3, -0.25) is 0 Å². The van der Waals surface area contributed by atoms with Gasteiger partial charge in [-0.15, -0.1) is 0 Å². The van der Waals surface area contributed by atoms with Crippen LogP contribution in [0.2, 0.25) is 0 Å². The summed E-state index contributed by atoms with van der Waals surface area (Å²) in [4.78, 5) is 0. The number of hydrogen-bond donors (Lipinski definition) is 2. The summed E-state index contributed by atoms with van der Waals surface area (Å²) in [5, 5.41) is 6.66. The van der Waals surface area contributed by atoms with E-state index < -0.39 is 0 Å². The van der Waals surface area contributed by atoms with E-state index in [4.69, 9.17) is 4.42 Å². The van der Waals surface area contributed by atoms with Gasteiger partial charge in [0, 0.05) is 35.6 Å². The third-order valence-corrected chi connectivity index (χ3v) is 4.86. The Morgan fingerprint density at radius 2 is 1.21 bits per heavy atom. The molecular weight excluding hydrogens is 356 g/mol. The second-order valence-corrected chi connectivity index (χ2v) is 7.16. The van der Waals surface area contributed by atoms with Gasteiger partial charge < -0.3 is 15.1 Å². The van der Waals surface area contributed by atoms with E-state index in [-0.39, 0.29) is 0 Å². The summed E-state index contributed by atoms with van der Waals surface area (Å²) in [6.45, 7) is 14.4. The molecule has 0 aliphatic heterocycles. The molecule has 29 heavy (non-hydrogen) atoms. The SMILES string of the molecule is C=C(NCCC)c1ccc(-c2coc(-c3ccc(C(=C)NCCC)cc3)c2)cc1. The summed E-state index contributed by atoms with van der Waals surface area (Å²) in [5.41, 5.74) is 7.37. The van der Waals surface area contributed by atoms with Crippen molar-refractivity contribution in [2.24, 2.45) is 0 Å². The molecule has 1 aromatic heterocycles. The van der Waals surface area contributed by atoms with Crippen LogP contribution in [-0.2, 0) is 0 Å². The van der Waals surface area contributed by atoms with Gasteiger partial charge in [0.15, 0.2) is 0 Å². The first-order valence-corrected chi connectivity index (χ1v) is 10.3. The minimum Gasteiger partial charge on any atom is -0.464 e. The molecular formula is C26H30N2O. The molecule has 0 bridgehead atoms. The van der Waals surface area contributed by atoms with Gasteiger partial charge in [0.25, 0.3) is 0 Å². The highest BCUT2D eigenvalue weighted by Crippen LogP contribution is 2.29. The van der Waals surface area contributed by atoms with E-state index in [2.05, 4.69) is 92.2 Å². The minimum absolute atomic E-state index is 0.858. The number of benzene rings is 2.